The van der Waals surface area contributed by atoms with Gasteiger partial charge in [-0.25, -0.2) is 0 Å². The minimum Gasteiger partial charge on any atom is -0.497 e. The highest BCUT2D eigenvalue weighted by molar-refractivity contribution is 5.84. The minimum absolute atomic E-state index is 0.308. The van der Waals surface area contributed by atoms with Gasteiger partial charge in [0.25, 0.3) is 0 Å². The molecule has 0 saturated carbocycles. The van der Waals surface area contributed by atoms with Gasteiger partial charge in [-0.05, 0) is 59.8 Å². The number of methoxy groups -OCH3 is 1. The molecular formula is C18H17NO3. The zero-order valence-corrected chi connectivity index (χ0v) is 12.4. The fraction of sp³-hybridized carbons (Fsp3) is 0.333. The summed E-state index contributed by atoms with van der Waals surface area (Å²) in [5.41, 5.74) is 6.52. The molecular weight excluding hydrogens is 278 g/mol. The molecule has 0 fully saturated rings. The standard InChI is InChI=1S/C18H17NO3/c1-20-12-3-2-10-6-14-16-11(4-5-19-14)7-15-18(22-9-21-15)17(16)13(10)8-12/h2-3,7-8,14,19H,4-6,9H2,1H3/t14-/m0/s1. The maximum absolute atomic E-state index is 5.81. The lowest BCUT2D eigenvalue weighted by atomic mass is 9.77. The summed E-state index contributed by atoms with van der Waals surface area (Å²) in [4.78, 5) is 0. The smallest absolute Gasteiger partial charge is 0.231 e. The summed E-state index contributed by atoms with van der Waals surface area (Å²) in [5, 5.41) is 3.65. The Hall–Kier alpha value is -2.20. The van der Waals surface area contributed by atoms with Crippen molar-refractivity contribution >= 4 is 0 Å². The Morgan fingerprint density at radius 2 is 2.14 bits per heavy atom. The fourth-order valence-electron chi connectivity index (χ4n) is 3.95. The van der Waals surface area contributed by atoms with Crippen LogP contribution in [0, 0.1) is 0 Å². The molecule has 0 amide bonds. The zero-order chi connectivity index (χ0) is 14.7. The lowest BCUT2D eigenvalue weighted by molar-refractivity contribution is 0.174. The first-order valence-corrected chi connectivity index (χ1v) is 7.71. The zero-order valence-electron chi connectivity index (χ0n) is 12.4. The number of ether oxygens (including phenoxy) is 3. The highest BCUT2D eigenvalue weighted by Gasteiger charge is 2.35. The molecule has 4 heteroatoms. The molecule has 5 rings (SSSR count). The topological polar surface area (TPSA) is 39.7 Å². The van der Waals surface area contributed by atoms with Crippen molar-refractivity contribution in [3.8, 4) is 28.4 Å². The van der Waals surface area contributed by atoms with E-state index < -0.39 is 0 Å². The number of fused-ring (bicyclic) bond motifs is 4. The molecule has 1 aliphatic carbocycles. The Morgan fingerprint density at radius 3 is 3.05 bits per heavy atom. The predicted octanol–water partition coefficient (Wildman–Crippen LogP) is 2.83. The minimum atomic E-state index is 0.308. The Labute approximate surface area is 129 Å². The van der Waals surface area contributed by atoms with Crippen LogP contribution in [0.25, 0.3) is 11.1 Å². The number of hydrogen-bond donors (Lipinski definition) is 1. The van der Waals surface area contributed by atoms with Crippen molar-refractivity contribution in [1.29, 1.82) is 0 Å². The van der Waals surface area contributed by atoms with Crippen molar-refractivity contribution in [2.45, 2.75) is 18.9 Å². The molecule has 0 bridgehead atoms. The van der Waals surface area contributed by atoms with Crippen molar-refractivity contribution in [1.82, 2.24) is 5.32 Å². The largest absolute Gasteiger partial charge is 0.497 e. The molecule has 0 aromatic heterocycles. The second-order valence-corrected chi connectivity index (χ2v) is 6.04. The first-order valence-electron chi connectivity index (χ1n) is 7.71. The van der Waals surface area contributed by atoms with E-state index in [-0.39, 0.29) is 0 Å². The van der Waals surface area contributed by atoms with Crippen LogP contribution in [0.1, 0.15) is 22.7 Å². The first kappa shape index (κ1) is 12.4. The van der Waals surface area contributed by atoms with Gasteiger partial charge in [-0.1, -0.05) is 6.07 Å². The van der Waals surface area contributed by atoms with Crippen molar-refractivity contribution in [2.24, 2.45) is 0 Å². The summed E-state index contributed by atoms with van der Waals surface area (Å²) < 4.78 is 16.9. The molecule has 1 atom stereocenters. The second kappa shape index (κ2) is 4.40. The van der Waals surface area contributed by atoms with Gasteiger partial charge in [-0.2, -0.15) is 0 Å². The maximum Gasteiger partial charge on any atom is 0.231 e. The van der Waals surface area contributed by atoms with Crippen LogP contribution in [0.4, 0.5) is 0 Å². The van der Waals surface area contributed by atoms with Gasteiger partial charge in [0.2, 0.25) is 6.79 Å². The van der Waals surface area contributed by atoms with Crippen LogP contribution >= 0.6 is 0 Å². The van der Waals surface area contributed by atoms with E-state index >= 15 is 0 Å². The van der Waals surface area contributed by atoms with Crippen LogP contribution in [0.2, 0.25) is 0 Å². The predicted molar refractivity (Wildman–Crippen MR) is 82.7 cm³/mol. The van der Waals surface area contributed by atoms with Gasteiger partial charge in [0, 0.05) is 11.6 Å². The van der Waals surface area contributed by atoms with Gasteiger partial charge < -0.3 is 19.5 Å². The molecule has 0 saturated heterocycles. The molecule has 0 spiro atoms. The number of benzene rings is 2. The molecule has 2 heterocycles. The van der Waals surface area contributed by atoms with E-state index in [1.807, 2.05) is 6.07 Å². The molecule has 3 aliphatic rings. The van der Waals surface area contributed by atoms with E-state index in [0.29, 0.717) is 12.8 Å². The van der Waals surface area contributed by atoms with Crippen molar-refractivity contribution in [2.75, 3.05) is 20.4 Å². The van der Waals surface area contributed by atoms with Gasteiger partial charge in [-0.3, -0.25) is 0 Å². The van der Waals surface area contributed by atoms with Crippen molar-refractivity contribution in [3.05, 3.63) is 41.0 Å². The summed E-state index contributed by atoms with van der Waals surface area (Å²) in [7, 11) is 1.71. The number of rotatable bonds is 1. The number of hydrogen-bond acceptors (Lipinski definition) is 4. The number of nitrogens with one attached hydrogen (secondary N) is 1. The average molecular weight is 295 g/mol. The van der Waals surface area contributed by atoms with Gasteiger partial charge >= 0.3 is 0 Å². The SMILES string of the molecule is COc1ccc2c(c1)-c1c3c(cc4c1[C@H](C2)NCC4)OCO3. The third kappa shape index (κ3) is 1.56. The maximum atomic E-state index is 5.81. The Bertz CT molecular complexity index is 784. The Kier molecular flexibility index (Phi) is 2.47. The normalized spacial score (nSPS) is 20.3. The van der Waals surface area contributed by atoms with Crippen LogP contribution in [-0.4, -0.2) is 20.4 Å². The van der Waals surface area contributed by atoms with Gasteiger partial charge in [-0.15, -0.1) is 0 Å². The molecule has 0 unspecified atom stereocenters. The van der Waals surface area contributed by atoms with Gasteiger partial charge in [0.1, 0.15) is 5.75 Å². The first-order chi connectivity index (χ1) is 10.8. The molecule has 2 aromatic carbocycles. The molecule has 0 radical (unpaired) electrons. The third-order valence-electron chi connectivity index (χ3n) is 4.93. The summed E-state index contributed by atoms with van der Waals surface area (Å²) in [6, 6.07) is 8.86. The van der Waals surface area contributed by atoms with E-state index in [1.54, 1.807) is 7.11 Å². The van der Waals surface area contributed by atoms with E-state index in [2.05, 4.69) is 23.5 Å². The van der Waals surface area contributed by atoms with Crippen LogP contribution < -0.4 is 19.5 Å². The van der Waals surface area contributed by atoms with Crippen LogP contribution in [0.15, 0.2) is 24.3 Å². The molecule has 4 nitrogen and oxygen atoms in total. The quantitative estimate of drug-likeness (QED) is 0.878. The Morgan fingerprint density at radius 1 is 1.18 bits per heavy atom. The fourth-order valence-corrected chi connectivity index (χ4v) is 3.95. The summed E-state index contributed by atoms with van der Waals surface area (Å²) >= 11 is 0. The monoisotopic (exact) mass is 295 g/mol. The molecule has 112 valence electrons. The summed E-state index contributed by atoms with van der Waals surface area (Å²) in [6.45, 7) is 1.32. The highest BCUT2D eigenvalue weighted by Crippen LogP contribution is 2.52. The van der Waals surface area contributed by atoms with E-state index in [0.717, 1.165) is 36.6 Å². The third-order valence-corrected chi connectivity index (χ3v) is 4.93. The average Bonchev–Trinajstić information content (AvgIpc) is 3.02. The highest BCUT2D eigenvalue weighted by atomic mass is 16.7. The van der Waals surface area contributed by atoms with Crippen LogP contribution in [0.3, 0.4) is 0 Å². The van der Waals surface area contributed by atoms with Crippen molar-refractivity contribution in [3.63, 3.8) is 0 Å². The van der Waals surface area contributed by atoms with E-state index in [1.165, 1.54) is 27.8 Å². The van der Waals surface area contributed by atoms with Gasteiger partial charge in [0.05, 0.1) is 7.11 Å². The lowest BCUT2D eigenvalue weighted by Crippen LogP contribution is -2.33. The summed E-state index contributed by atoms with van der Waals surface area (Å²) in [6.07, 6.45) is 2.05. The lowest BCUT2D eigenvalue weighted by Gasteiger charge is -2.34. The Balaban J connectivity index is 1.85. The van der Waals surface area contributed by atoms with E-state index in [4.69, 9.17) is 14.2 Å². The van der Waals surface area contributed by atoms with Gasteiger partial charge in [0.15, 0.2) is 11.5 Å². The van der Waals surface area contributed by atoms with E-state index in [9.17, 15) is 0 Å². The molecule has 1 N–H and O–H groups in total. The van der Waals surface area contributed by atoms with Crippen LogP contribution in [-0.2, 0) is 12.8 Å². The van der Waals surface area contributed by atoms with Crippen LogP contribution in [0.5, 0.6) is 17.2 Å². The molecule has 2 aliphatic heterocycles. The molecule has 22 heavy (non-hydrogen) atoms. The van der Waals surface area contributed by atoms with Crippen molar-refractivity contribution < 1.29 is 14.2 Å². The second-order valence-electron chi connectivity index (χ2n) is 6.04. The molecule has 2 aromatic rings. The summed E-state index contributed by atoms with van der Waals surface area (Å²) in [5.74, 6) is 2.65.